The predicted molar refractivity (Wildman–Crippen MR) is 107 cm³/mol. The second-order valence-electron chi connectivity index (χ2n) is 6.41. The quantitative estimate of drug-likeness (QED) is 0.592. The van der Waals surface area contributed by atoms with E-state index in [0.717, 1.165) is 27.4 Å². The largest absolute Gasteiger partial charge is 0.336 e. The third-order valence-corrected chi connectivity index (χ3v) is 5.59. The first kappa shape index (κ1) is 16.9. The zero-order chi connectivity index (χ0) is 18.1. The molecule has 1 saturated carbocycles. The fourth-order valence-corrected chi connectivity index (χ4v) is 4.18. The monoisotopic (exact) mass is 361 g/mol. The zero-order valence-electron chi connectivity index (χ0n) is 14.6. The SMILES string of the molecule is CSC1=CC(=C2C(=O)CCC2=O)N(Cc2ccccc2)c2ccccc21. The molecule has 1 aliphatic carbocycles. The van der Waals surface area contributed by atoms with Gasteiger partial charge in [-0.2, -0.15) is 0 Å². The van der Waals surface area contributed by atoms with Crippen molar-refractivity contribution in [2.24, 2.45) is 0 Å². The summed E-state index contributed by atoms with van der Waals surface area (Å²) in [4.78, 5) is 28.1. The molecule has 130 valence electrons. The number of anilines is 1. The lowest BCUT2D eigenvalue weighted by molar-refractivity contribution is -0.116. The molecule has 0 N–H and O–H groups in total. The smallest absolute Gasteiger partial charge is 0.169 e. The lowest BCUT2D eigenvalue weighted by Gasteiger charge is -2.33. The number of nitrogens with zero attached hydrogens (tertiary/aromatic N) is 1. The van der Waals surface area contributed by atoms with E-state index in [4.69, 9.17) is 0 Å². The van der Waals surface area contributed by atoms with Gasteiger partial charge in [0.1, 0.15) is 0 Å². The maximum atomic E-state index is 12.4. The molecule has 2 aromatic carbocycles. The maximum Gasteiger partial charge on any atom is 0.169 e. The summed E-state index contributed by atoms with van der Waals surface area (Å²) in [6.07, 6.45) is 4.67. The number of fused-ring (bicyclic) bond motifs is 1. The Morgan fingerprint density at radius 3 is 2.27 bits per heavy atom. The lowest BCUT2D eigenvalue weighted by atomic mass is 10.00. The highest BCUT2D eigenvalue weighted by molar-refractivity contribution is 8.07. The van der Waals surface area contributed by atoms with E-state index in [1.165, 1.54) is 0 Å². The van der Waals surface area contributed by atoms with E-state index in [0.29, 0.717) is 25.0 Å². The Bertz CT molecular complexity index is 926. The Hall–Kier alpha value is -2.59. The first-order chi connectivity index (χ1) is 12.7. The van der Waals surface area contributed by atoms with Gasteiger partial charge in [-0.15, -0.1) is 11.8 Å². The molecular weight excluding hydrogens is 342 g/mol. The average molecular weight is 361 g/mol. The van der Waals surface area contributed by atoms with Crippen LogP contribution in [0.1, 0.15) is 24.0 Å². The molecule has 4 rings (SSSR count). The third-order valence-electron chi connectivity index (χ3n) is 4.82. The van der Waals surface area contributed by atoms with E-state index in [1.54, 1.807) is 11.8 Å². The number of carbonyl (C=O) groups is 2. The van der Waals surface area contributed by atoms with Crippen LogP contribution in [-0.2, 0) is 16.1 Å². The molecule has 4 heteroatoms. The van der Waals surface area contributed by atoms with Crippen molar-refractivity contribution in [2.75, 3.05) is 11.2 Å². The van der Waals surface area contributed by atoms with E-state index >= 15 is 0 Å². The van der Waals surface area contributed by atoms with Crippen molar-refractivity contribution in [2.45, 2.75) is 19.4 Å². The predicted octanol–water partition coefficient (Wildman–Crippen LogP) is 4.60. The van der Waals surface area contributed by atoms with Crippen LogP contribution in [0.15, 0.2) is 71.9 Å². The van der Waals surface area contributed by atoms with Gasteiger partial charge in [0.15, 0.2) is 11.6 Å². The minimum Gasteiger partial charge on any atom is -0.336 e. The molecule has 0 bridgehead atoms. The summed E-state index contributed by atoms with van der Waals surface area (Å²) in [6, 6.07) is 18.3. The summed E-state index contributed by atoms with van der Waals surface area (Å²) in [6.45, 7) is 0.620. The van der Waals surface area contributed by atoms with Crippen LogP contribution in [0.2, 0.25) is 0 Å². The van der Waals surface area contributed by atoms with E-state index in [-0.39, 0.29) is 11.6 Å². The van der Waals surface area contributed by atoms with Crippen molar-refractivity contribution in [1.29, 1.82) is 0 Å². The number of hydrogen-bond donors (Lipinski definition) is 0. The van der Waals surface area contributed by atoms with Crippen LogP contribution in [0, 0.1) is 0 Å². The summed E-state index contributed by atoms with van der Waals surface area (Å²) in [5.74, 6) is -0.0849. The Labute approximate surface area is 157 Å². The fourth-order valence-electron chi connectivity index (χ4n) is 3.56. The van der Waals surface area contributed by atoms with Gasteiger partial charge in [0.05, 0.1) is 11.3 Å². The van der Waals surface area contributed by atoms with E-state index in [2.05, 4.69) is 29.2 Å². The van der Waals surface area contributed by atoms with Crippen molar-refractivity contribution in [3.05, 3.63) is 83.1 Å². The molecule has 26 heavy (non-hydrogen) atoms. The first-order valence-electron chi connectivity index (χ1n) is 8.66. The molecule has 0 radical (unpaired) electrons. The van der Waals surface area contributed by atoms with Crippen molar-refractivity contribution in [3.8, 4) is 0 Å². The second-order valence-corrected chi connectivity index (χ2v) is 7.26. The highest BCUT2D eigenvalue weighted by Gasteiger charge is 2.33. The number of ketones is 2. The molecule has 1 fully saturated rings. The summed E-state index contributed by atoms with van der Waals surface area (Å²) >= 11 is 1.64. The van der Waals surface area contributed by atoms with Crippen molar-refractivity contribution in [3.63, 3.8) is 0 Å². The molecule has 1 heterocycles. The van der Waals surface area contributed by atoms with Crippen molar-refractivity contribution < 1.29 is 9.59 Å². The maximum absolute atomic E-state index is 12.4. The van der Waals surface area contributed by atoms with E-state index < -0.39 is 0 Å². The molecule has 1 aliphatic heterocycles. The Balaban J connectivity index is 1.91. The molecule has 0 saturated heterocycles. The highest BCUT2D eigenvalue weighted by atomic mass is 32.2. The van der Waals surface area contributed by atoms with Gasteiger partial charge in [-0.05, 0) is 24.0 Å². The van der Waals surface area contributed by atoms with E-state index in [9.17, 15) is 9.59 Å². The first-order valence-corrected chi connectivity index (χ1v) is 9.88. The van der Waals surface area contributed by atoms with Gasteiger partial charge < -0.3 is 4.90 Å². The fraction of sp³-hybridized carbons (Fsp3) is 0.182. The van der Waals surface area contributed by atoms with Crippen LogP contribution in [-0.4, -0.2) is 17.8 Å². The van der Waals surface area contributed by atoms with Crippen LogP contribution >= 0.6 is 11.8 Å². The number of allylic oxidation sites excluding steroid dienone is 2. The van der Waals surface area contributed by atoms with Gasteiger partial charge in [0.25, 0.3) is 0 Å². The van der Waals surface area contributed by atoms with Crippen LogP contribution in [0.5, 0.6) is 0 Å². The Morgan fingerprint density at radius 2 is 1.58 bits per heavy atom. The number of Topliss-reactive ketones (excluding diaryl/α,β-unsaturated/α-hetero) is 2. The molecule has 0 aromatic heterocycles. The minimum atomic E-state index is -0.0425. The summed E-state index contributed by atoms with van der Waals surface area (Å²) in [7, 11) is 0. The Kier molecular flexibility index (Phi) is 4.51. The van der Waals surface area contributed by atoms with E-state index in [1.807, 2.05) is 42.7 Å². The van der Waals surface area contributed by atoms with Crippen molar-refractivity contribution in [1.82, 2.24) is 0 Å². The topological polar surface area (TPSA) is 37.4 Å². The van der Waals surface area contributed by atoms with Crippen molar-refractivity contribution >= 4 is 33.9 Å². The molecule has 0 amide bonds. The summed E-state index contributed by atoms with van der Waals surface area (Å²) < 4.78 is 0. The number of hydrogen-bond acceptors (Lipinski definition) is 4. The molecular formula is C22H19NO2S. The summed E-state index contributed by atoms with van der Waals surface area (Å²) in [5, 5.41) is 0. The van der Waals surface area contributed by atoms with Crippen LogP contribution in [0.4, 0.5) is 5.69 Å². The molecule has 3 nitrogen and oxygen atoms in total. The molecule has 2 aliphatic rings. The Morgan fingerprint density at radius 1 is 0.923 bits per heavy atom. The number of benzene rings is 2. The normalized spacial score (nSPS) is 16.8. The summed E-state index contributed by atoms with van der Waals surface area (Å²) in [5.41, 5.74) is 4.42. The van der Waals surface area contributed by atoms with Crippen LogP contribution < -0.4 is 4.90 Å². The van der Waals surface area contributed by atoms with Gasteiger partial charge in [0.2, 0.25) is 0 Å². The zero-order valence-corrected chi connectivity index (χ0v) is 15.4. The molecule has 2 aromatic rings. The number of rotatable bonds is 3. The molecule has 0 unspecified atom stereocenters. The lowest BCUT2D eigenvalue weighted by Crippen LogP contribution is -2.28. The highest BCUT2D eigenvalue weighted by Crippen LogP contribution is 2.42. The number of thioether (sulfide) groups is 1. The molecule has 0 atom stereocenters. The van der Waals surface area contributed by atoms with Crippen LogP contribution in [0.3, 0.4) is 0 Å². The van der Waals surface area contributed by atoms with Gasteiger partial charge in [-0.1, -0.05) is 48.5 Å². The molecule has 0 spiro atoms. The van der Waals surface area contributed by atoms with Crippen LogP contribution in [0.25, 0.3) is 4.91 Å². The average Bonchev–Trinajstić information content (AvgIpc) is 3.01. The van der Waals surface area contributed by atoms with Gasteiger partial charge in [0, 0.05) is 35.5 Å². The van der Waals surface area contributed by atoms with Gasteiger partial charge >= 0.3 is 0 Å². The number of carbonyl (C=O) groups excluding carboxylic acids is 2. The third kappa shape index (κ3) is 2.90. The minimum absolute atomic E-state index is 0.0425. The van der Waals surface area contributed by atoms with Gasteiger partial charge in [-0.3, -0.25) is 9.59 Å². The second kappa shape index (κ2) is 6.96. The number of para-hydroxylation sites is 1. The van der Waals surface area contributed by atoms with Gasteiger partial charge in [-0.25, -0.2) is 0 Å². The standard InChI is InChI=1S/C22H19NO2S/c1-26-21-13-18(22-19(24)11-12-20(22)25)23(14-15-7-3-2-4-8-15)17-10-6-5-9-16(17)21/h2-10,13H,11-12,14H2,1H3.